The summed E-state index contributed by atoms with van der Waals surface area (Å²) in [6.07, 6.45) is 14.8. The predicted octanol–water partition coefficient (Wildman–Crippen LogP) is 6.88. The minimum Gasteiger partial charge on any atom is -0.310 e. The van der Waals surface area contributed by atoms with Gasteiger partial charge in [-0.3, -0.25) is 0 Å². The van der Waals surface area contributed by atoms with Gasteiger partial charge in [0, 0.05) is 19.3 Å². The molecule has 0 aromatic rings. The SMILES string of the molecule is [C-]#[N+][C@@](C)(CC/C=C(\C)CCC=C(C)C)[C@@H]1CC=C(C)CC1. The van der Waals surface area contributed by atoms with Crippen LogP contribution in [0.4, 0.5) is 0 Å². The van der Waals surface area contributed by atoms with E-state index in [0.29, 0.717) is 5.92 Å². The lowest BCUT2D eigenvalue weighted by Gasteiger charge is -2.29. The molecule has 1 aliphatic carbocycles. The van der Waals surface area contributed by atoms with Gasteiger partial charge in [0.2, 0.25) is 5.54 Å². The normalized spacial score (nSPS) is 21.5. The third kappa shape index (κ3) is 6.22. The molecule has 0 bridgehead atoms. The molecule has 0 saturated carbocycles. The Bertz CT molecular complexity index is 483. The van der Waals surface area contributed by atoms with E-state index in [1.165, 1.54) is 29.6 Å². The van der Waals surface area contributed by atoms with Crippen LogP contribution in [0.15, 0.2) is 34.9 Å². The van der Waals surface area contributed by atoms with Crippen LogP contribution in [0.25, 0.3) is 4.85 Å². The highest BCUT2D eigenvalue weighted by Crippen LogP contribution is 2.37. The molecule has 0 aromatic heterocycles. The molecule has 2 atom stereocenters. The highest BCUT2D eigenvalue weighted by molar-refractivity contribution is 5.11. The fourth-order valence-corrected chi connectivity index (χ4v) is 3.18. The minimum absolute atomic E-state index is 0.187. The Morgan fingerprint density at radius 1 is 1.32 bits per heavy atom. The van der Waals surface area contributed by atoms with Crippen LogP contribution in [0.3, 0.4) is 0 Å². The lowest BCUT2D eigenvalue weighted by Crippen LogP contribution is -2.32. The smallest absolute Gasteiger partial charge is 0.233 e. The molecule has 1 heteroatoms. The fourth-order valence-electron chi connectivity index (χ4n) is 3.18. The van der Waals surface area contributed by atoms with Crippen LogP contribution in [0.2, 0.25) is 0 Å². The van der Waals surface area contributed by atoms with Gasteiger partial charge in [0.1, 0.15) is 0 Å². The Labute approximate surface area is 138 Å². The molecule has 0 radical (unpaired) electrons. The predicted molar refractivity (Wildman–Crippen MR) is 97.8 cm³/mol. The van der Waals surface area contributed by atoms with Crippen molar-refractivity contribution in [3.8, 4) is 0 Å². The van der Waals surface area contributed by atoms with Crippen LogP contribution in [0.1, 0.15) is 79.6 Å². The van der Waals surface area contributed by atoms with Crippen molar-refractivity contribution in [2.24, 2.45) is 5.92 Å². The first kappa shape index (κ1) is 18.8. The van der Waals surface area contributed by atoms with Crippen molar-refractivity contribution in [3.63, 3.8) is 0 Å². The molecule has 0 aliphatic heterocycles. The topological polar surface area (TPSA) is 4.36 Å². The minimum atomic E-state index is -0.187. The van der Waals surface area contributed by atoms with Crippen LogP contribution >= 0.6 is 0 Å². The summed E-state index contributed by atoms with van der Waals surface area (Å²) in [6, 6.07) is 0. The molecule has 22 heavy (non-hydrogen) atoms. The maximum Gasteiger partial charge on any atom is 0.233 e. The highest BCUT2D eigenvalue weighted by Gasteiger charge is 2.39. The fraction of sp³-hybridized carbons (Fsp3) is 0.667. The first-order valence-corrected chi connectivity index (χ1v) is 8.70. The number of allylic oxidation sites excluding steroid dienone is 6. The van der Waals surface area contributed by atoms with Gasteiger partial charge in [0.25, 0.3) is 0 Å². The lowest BCUT2D eigenvalue weighted by molar-refractivity contribution is 0.301. The second-order valence-corrected chi connectivity index (χ2v) is 7.40. The van der Waals surface area contributed by atoms with E-state index in [1.54, 1.807) is 0 Å². The summed E-state index contributed by atoms with van der Waals surface area (Å²) in [6.45, 7) is 18.6. The molecule has 0 saturated heterocycles. The molecule has 1 aliphatic rings. The third-order valence-corrected chi connectivity index (χ3v) is 5.01. The Morgan fingerprint density at radius 3 is 2.59 bits per heavy atom. The van der Waals surface area contributed by atoms with Gasteiger partial charge in [-0.15, -0.1) is 0 Å². The van der Waals surface area contributed by atoms with Gasteiger partial charge in [-0.1, -0.05) is 34.9 Å². The molecular weight excluding hydrogens is 266 g/mol. The van der Waals surface area contributed by atoms with Crippen molar-refractivity contribution < 1.29 is 0 Å². The molecule has 0 heterocycles. The molecule has 0 amide bonds. The van der Waals surface area contributed by atoms with Gasteiger partial charge in [0.05, 0.1) is 0 Å². The van der Waals surface area contributed by atoms with Gasteiger partial charge >= 0.3 is 0 Å². The number of hydrogen-bond acceptors (Lipinski definition) is 0. The van der Waals surface area contributed by atoms with E-state index >= 15 is 0 Å². The largest absolute Gasteiger partial charge is 0.310 e. The van der Waals surface area contributed by atoms with Crippen LogP contribution in [0.5, 0.6) is 0 Å². The Kier molecular flexibility index (Phi) is 7.66. The first-order valence-electron chi connectivity index (χ1n) is 8.70. The second-order valence-electron chi connectivity index (χ2n) is 7.40. The van der Waals surface area contributed by atoms with E-state index in [4.69, 9.17) is 6.57 Å². The van der Waals surface area contributed by atoms with Gasteiger partial charge < -0.3 is 4.85 Å². The van der Waals surface area contributed by atoms with Gasteiger partial charge in [-0.25, -0.2) is 6.57 Å². The van der Waals surface area contributed by atoms with Gasteiger partial charge in [-0.05, 0) is 66.2 Å². The number of hydrogen-bond donors (Lipinski definition) is 0. The quantitative estimate of drug-likeness (QED) is 0.356. The van der Waals surface area contributed by atoms with Crippen LogP contribution in [-0.2, 0) is 0 Å². The Hall–Kier alpha value is -1.29. The average molecular weight is 300 g/mol. The van der Waals surface area contributed by atoms with E-state index in [2.05, 4.69) is 57.7 Å². The maximum absolute atomic E-state index is 7.66. The molecule has 0 aromatic carbocycles. The van der Waals surface area contributed by atoms with Crippen LogP contribution in [0, 0.1) is 12.5 Å². The maximum atomic E-state index is 7.66. The molecule has 1 nitrogen and oxygen atoms in total. The molecule has 1 rings (SSSR count). The summed E-state index contributed by atoms with van der Waals surface area (Å²) in [7, 11) is 0. The lowest BCUT2D eigenvalue weighted by atomic mass is 9.74. The van der Waals surface area contributed by atoms with Crippen LogP contribution in [-0.4, -0.2) is 5.54 Å². The number of nitrogens with zero attached hydrogens (tertiary/aromatic N) is 1. The molecule has 0 unspecified atom stereocenters. The molecule has 0 N–H and O–H groups in total. The van der Waals surface area contributed by atoms with Gasteiger partial charge in [0.15, 0.2) is 0 Å². The standard InChI is InChI=1S/C21H33N/c1-17(2)9-7-10-18(3)11-8-16-21(5,22-6)20-14-12-19(4)13-15-20/h9,11-12,20H,7-8,10,13-16H2,1-5H3/b18-11+/t20-,21+/m1/s1. The van der Waals surface area contributed by atoms with E-state index in [1.807, 2.05) is 0 Å². The number of rotatable bonds is 7. The monoisotopic (exact) mass is 299 g/mol. The molecule has 0 spiro atoms. The van der Waals surface area contributed by atoms with Crippen molar-refractivity contribution in [2.45, 2.75) is 85.1 Å². The summed E-state index contributed by atoms with van der Waals surface area (Å²) in [5.74, 6) is 0.535. The summed E-state index contributed by atoms with van der Waals surface area (Å²) >= 11 is 0. The zero-order valence-electron chi connectivity index (χ0n) is 15.2. The van der Waals surface area contributed by atoms with Crippen molar-refractivity contribution >= 4 is 0 Å². The first-order chi connectivity index (χ1) is 10.4. The molecule has 122 valence electrons. The third-order valence-electron chi connectivity index (χ3n) is 5.01. The summed E-state index contributed by atoms with van der Waals surface area (Å²) in [4.78, 5) is 4.03. The van der Waals surface area contributed by atoms with E-state index < -0.39 is 0 Å². The van der Waals surface area contributed by atoms with E-state index in [-0.39, 0.29) is 5.54 Å². The van der Waals surface area contributed by atoms with Crippen molar-refractivity contribution in [1.82, 2.24) is 0 Å². The summed E-state index contributed by atoms with van der Waals surface area (Å²) in [5.41, 5.74) is 4.17. The Balaban J connectivity index is 2.49. The van der Waals surface area contributed by atoms with E-state index in [0.717, 1.165) is 32.1 Å². The van der Waals surface area contributed by atoms with Crippen molar-refractivity contribution in [1.29, 1.82) is 0 Å². The van der Waals surface area contributed by atoms with Crippen molar-refractivity contribution in [2.75, 3.05) is 0 Å². The summed E-state index contributed by atoms with van der Waals surface area (Å²) < 4.78 is 0. The molecule has 0 fully saturated rings. The molecular formula is C21H33N. The zero-order chi connectivity index (χ0) is 16.6. The Morgan fingerprint density at radius 2 is 2.05 bits per heavy atom. The second kappa shape index (κ2) is 8.99. The average Bonchev–Trinajstić information content (AvgIpc) is 2.47. The van der Waals surface area contributed by atoms with Crippen LogP contribution < -0.4 is 0 Å². The highest BCUT2D eigenvalue weighted by atomic mass is 14.8. The van der Waals surface area contributed by atoms with E-state index in [9.17, 15) is 0 Å². The van der Waals surface area contributed by atoms with Gasteiger partial charge in [-0.2, -0.15) is 0 Å². The summed E-state index contributed by atoms with van der Waals surface area (Å²) in [5, 5.41) is 0. The van der Waals surface area contributed by atoms with Crippen molar-refractivity contribution in [3.05, 3.63) is 46.4 Å². The zero-order valence-corrected chi connectivity index (χ0v) is 15.2.